The predicted octanol–water partition coefficient (Wildman–Crippen LogP) is 2.94. The minimum Gasteiger partial charge on any atom is -0.497 e. The molecule has 0 saturated carbocycles. The first-order valence-corrected chi connectivity index (χ1v) is 8.88. The minimum atomic E-state index is -0.118. The van der Waals surface area contributed by atoms with E-state index in [9.17, 15) is 9.59 Å². The Kier molecular flexibility index (Phi) is 7.67. The molecule has 2 rings (SSSR count). The van der Waals surface area contributed by atoms with Crippen LogP contribution in [0, 0.1) is 6.92 Å². The van der Waals surface area contributed by atoms with Gasteiger partial charge in [0.25, 0.3) is 0 Å². The number of carbonyl (C=O) groups is 2. The third kappa shape index (κ3) is 6.66. The van der Waals surface area contributed by atoms with Gasteiger partial charge in [0, 0.05) is 25.6 Å². The van der Waals surface area contributed by atoms with Gasteiger partial charge < -0.3 is 19.7 Å². The third-order valence-corrected chi connectivity index (χ3v) is 4.01. The Morgan fingerprint density at radius 3 is 2.41 bits per heavy atom. The first-order valence-electron chi connectivity index (χ1n) is 8.88. The van der Waals surface area contributed by atoms with Gasteiger partial charge in [-0.15, -0.1) is 0 Å². The second-order valence-electron chi connectivity index (χ2n) is 6.13. The molecule has 27 heavy (non-hydrogen) atoms. The number of nitrogens with one attached hydrogen (secondary N) is 1. The van der Waals surface area contributed by atoms with Crippen molar-refractivity contribution in [2.24, 2.45) is 0 Å². The molecule has 2 amide bonds. The van der Waals surface area contributed by atoms with Gasteiger partial charge in [-0.3, -0.25) is 9.59 Å². The van der Waals surface area contributed by atoms with Crippen molar-refractivity contribution in [3.05, 3.63) is 54.1 Å². The predicted molar refractivity (Wildman–Crippen MR) is 105 cm³/mol. The second-order valence-corrected chi connectivity index (χ2v) is 6.13. The smallest absolute Gasteiger partial charge is 0.223 e. The Morgan fingerprint density at radius 1 is 1.07 bits per heavy atom. The summed E-state index contributed by atoms with van der Waals surface area (Å²) in [5.41, 5.74) is 1.87. The lowest BCUT2D eigenvalue weighted by atomic mass is 10.2. The van der Waals surface area contributed by atoms with Gasteiger partial charge in [0.2, 0.25) is 11.8 Å². The Hall–Kier alpha value is -3.02. The van der Waals surface area contributed by atoms with E-state index >= 15 is 0 Å². The van der Waals surface area contributed by atoms with Crippen molar-refractivity contribution in [3.63, 3.8) is 0 Å². The van der Waals surface area contributed by atoms with Crippen LogP contribution >= 0.6 is 0 Å². The summed E-state index contributed by atoms with van der Waals surface area (Å²) in [6, 6.07) is 14.9. The zero-order chi connectivity index (χ0) is 19.6. The lowest BCUT2D eigenvalue weighted by Crippen LogP contribution is -2.35. The standard InChI is InChI=1S/C21H26N2O4/c1-16-5-4-6-18(15-16)23(17(2)24)13-11-21(25)22-12-14-27-20-9-7-19(26-3)8-10-20/h4-10,15H,11-14H2,1-3H3,(H,22,25). The molecule has 0 aliphatic rings. The van der Waals surface area contributed by atoms with Crippen LogP contribution in [0.5, 0.6) is 11.5 Å². The van der Waals surface area contributed by atoms with E-state index in [2.05, 4.69) is 5.32 Å². The summed E-state index contributed by atoms with van der Waals surface area (Å²) in [6.45, 7) is 4.58. The Bertz CT molecular complexity index is 759. The van der Waals surface area contributed by atoms with Crippen LogP contribution in [0.1, 0.15) is 18.9 Å². The zero-order valence-corrected chi connectivity index (χ0v) is 16.0. The molecule has 0 aliphatic heterocycles. The number of nitrogens with zero attached hydrogens (tertiary/aromatic N) is 1. The fraction of sp³-hybridized carbons (Fsp3) is 0.333. The second kappa shape index (κ2) is 10.2. The number of hydrogen-bond donors (Lipinski definition) is 1. The number of amides is 2. The fourth-order valence-corrected chi connectivity index (χ4v) is 2.60. The number of rotatable bonds is 9. The van der Waals surface area contributed by atoms with Crippen LogP contribution in [0.3, 0.4) is 0 Å². The lowest BCUT2D eigenvalue weighted by molar-refractivity contribution is -0.121. The summed E-state index contributed by atoms with van der Waals surface area (Å²) in [5, 5.41) is 2.81. The average molecular weight is 370 g/mol. The molecule has 1 N–H and O–H groups in total. The van der Waals surface area contributed by atoms with Crippen LogP contribution in [0.15, 0.2) is 48.5 Å². The van der Waals surface area contributed by atoms with Crippen molar-refractivity contribution < 1.29 is 19.1 Å². The van der Waals surface area contributed by atoms with Crippen molar-refractivity contribution in [1.82, 2.24) is 5.32 Å². The number of carbonyl (C=O) groups excluding carboxylic acids is 2. The van der Waals surface area contributed by atoms with Gasteiger partial charge in [-0.1, -0.05) is 12.1 Å². The monoisotopic (exact) mass is 370 g/mol. The molecule has 6 heteroatoms. The molecule has 0 aliphatic carbocycles. The highest BCUT2D eigenvalue weighted by Crippen LogP contribution is 2.17. The maximum atomic E-state index is 12.0. The molecule has 0 unspecified atom stereocenters. The van der Waals surface area contributed by atoms with E-state index in [4.69, 9.17) is 9.47 Å². The van der Waals surface area contributed by atoms with Crippen LogP contribution in [0.2, 0.25) is 0 Å². The Labute approximate surface area is 160 Å². The number of ether oxygens (including phenoxy) is 2. The minimum absolute atomic E-state index is 0.0868. The van der Waals surface area contributed by atoms with Crippen LogP contribution in [-0.2, 0) is 9.59 Å². The summed E-state index contributed by atoms with van der Waals surface area (Å²) in [4.78, 5) is 25.6. The molecule has 2 aromatic rings. The lowest BCUT2D eigenvalue weighted by Gasteiger charge is -2.21. The maximum absolute atomic E-state index is 12.0. The molecule has 0 saturated heterocycles. The molecule has 0 spiro atoms. The van der Waals surface area contributed by atoms with E-state index < -0.39 is 0 Å². The molecular weight excluding hydrogens is 344 g/mol. The molecule has 0 radical (unpaired) electrons. The van der Waals surface area contributed by atoms with Crippen molar-refractivity contribution in [3.8, 4) is 11.5 Å². The molecule has 144 valence electrons. The third-order valence-electron chi connectivity index (χ3n) is 4.01. The number of hydrogen-bond acceptors (Lipinski definition) is 4. The number of methoxy groups -OCH3 is 1. The normalized spacial score (nSPS) is 10.2. The van der Waals surface area contributed by atoms with Gasteiger partial charge in [-0.25, -0.2) is 0 Å². The first kappa shape index (κ1) is 20.3. The summed E-state index contributed by atoms with van der Waals surface area (Å²) in [5.74, 6) is 1.27. The topological polar surface area (TPSA) is 67.9 Å². The van der Waals surface area contributed by atoms with Crippen molar-refractivity contribution >= 4 is 17.5 Å². The van der Waals surface area contributed by atoms with Gasteiger partial charge in [-0.05, 0) is 48.9 Å². The number of aryl methyl sites for hydroxylation is 1. The van der Waals surface area contributed by atoms with Gasteiger partial charge in [0.1, 0.15) is 18.1 Å². The van der Waals surface area contributed by atoms with Gasteiger partial charge in [-0.2, -0.15) is 0 Å². The highest BCUT2D eigenvalue weighted by Gasteiger charge is 2.13. The van der Waals surface area contributed by atoms with Crippen LogP contribution < -0.4 is 19.7 Å². The zero-order valence-electron chi connectivity index (χ0n) is 16.0. The van der Waals surface area contributed by atoms with Gasteiger partial charge in [0.05, 0.1) is 13.7 Å². The van der Waals surface area contributed by atoms with E-state index in [0.29, 0.717) is 25.4 Å². The fourth-order valence-electron chi connectivity index (χ4n) is 2.60. The molecule has 6 nitrogen and oxygen atoms in total. The highest BCUT2D eigenvalue weighted by atomic mass is 16.5. The number of anilines is 1. The van der Waals surface area contributed by atoms with Crippen LogP contribution in [0.4, 0.5) is 5.69 Å². The van der Waals surface area contributed by atoms with Gasteiger partial charge >= 0.3 is 0 Å². The summed E-state index contributed by atoms with van der Waals surface area (Å²) >= 11 is 0. The van der Waals surface area contributed by atoms with Crippen molar-refractivity contribution in [2.75, 3.05) is 31.7 Å². The van der Waals surface area contributed by atoms with Crippen LogP contribution in [0.25, 0.3) is 0 Å². The summed E-state index contributed by atoms with van der Waals surface area (Å²) in [7, 11) is 1.61. The number of benzene rings is 2. The van der Waals surface area contributed by atoms with E-state index in [1.165, 1.54) is 6.92 Å². The molecule has 0 atom stereocenters. The van der Waals surface area contributed by atoms with E-state index in [-0.39, 0.29) is 18.2 Å². The summed E-state index contributed by atoms with van der Waals surface area (Å²) < 4.78 is 10.7. The van der Waals surface area contributed by atoms with Crippen molar-refractivity contribution in [2.45, 2.75) is 20.3 Å². The van der Waals surface area contributed by atoms with Crippen LogP contribution in [-0.4, -0.2) is 38.6 Å². The Morgan fingerprint density at radius 2 is 1.78 bits per heavy atom. The van der Waals surface area contributed by atoms with Gasteiger partial charge in [0.15, 0.2) is 0 Å². The largest absolute Gasteiger partial charge is 0.497 e. The average Bonchev–Trinajstić information content (AvgIpc) is 2.65. The molecule has 2 aromatic carbocycles. The molecule has 0 aromatic heterocycles. The summed E-state index contributed by atoms with van der Waals surface area (Å²) in [6.07, 6.45) is 0.232. The maximum Gasteiger partial charge on any atom is 0.223 e. The molecular formula is C21H26N2O4. The highest BCUT2D eigenvalue weighted by molar-refractivity contribution is 5.92. The molecule has 0 bridgehead atoms. The Balaban J connectivity index is 1.73. The first-order chi connectivity index (χ1) is 13.0. The van der Waals surface area contributed by atoms with E-state index in [1.807, 2.05) is 55.5 Å². The molecule has 0 fully saturated rings. The van der Waals surface area contributed by atoms with Crippen molar-refractivity contribution in [1.29, 1.82) is 0 Å². The van der Waals surface area contributed by atoms with E-state index in [0.717, 1.165) is 17.0 Å². The van der Waals surface area contributed by atoms with E-state index in [1.54, 1.807) is 12.0 Å². The quantitative estimate of drug-likeness (QED) is 0.689. The SMILES string of the molecule is COc1ccc(OCCNC(=O)CCN(C(C)=O)c2cccc(C)c2)cc1. The molecule has 0 heterocycles.